The highest BCUT2D eigenvalue weighted by Gasteiger charge is 2.59. The van der Waals surface area contributed by atoms with Crippen molar-refractivity contribution in [2.45, 2.75) is 110 Å². The topological polar surface area (TPSA) is 34.1 Å². The van der Waals surface area contributed by atoms with E-state index in [1.165, 1.54) is 75.0 Å². The maximum Gasteiger partial charge on any atom is 0.0900 e. The first-order chi connectivity index (χ1) is 16.3. The average Bonchev–Trinajstić information content (AvgIpc) is 3.40. The van der Waals surface area contributed by atoms with Crippen LogP contribution in [0, 0.1) is 47.8 Å². The number of rotatable bonds is 0. The van der Waals surface area contributed by atoms with Crippen LogP contribution in [0.2, 0.25) is 0 Å². The third-order valence-corrected chi connectivity index (χ3v) is 13.1. The van der Waals surface area contributed by atoms with Crippen LogP contribution in [0.4, 0.5) is 0 Å². The second-order valence-electron chi connectivity index (χ2n) is 13.5. The van der Waals surface area contributed by atoms with Gasteiger partial charge in [-0.3, -0.25) is 0 Å². The molecule has 34 heavy (non-hydrogen) atoms. The van der Waals surface area contributed by atoms with Crippen LogP contribution >= 0.6 is 11.3 Å². The van der Waals surface area contributed by atoms with E-state index in [1.54, 1.807) is 10.5 Å². The normalized spacial score (nSPS) is 49.8. The Morgan fingerprint density at radius 2 is 1.91 bits per heavy atom. The largest absolute Gasteiger partial charge is 0.369 e. The zero-order valence-corrected chi connectivity index (χ0v) is 22.8. The van der Waals surface area contributed by atoms with E-state index < -0.39 is 0 Å². The van der Waals surface area contributed by atoms with Gasteiger partial charge in [-0.1, -0.05) is 31.9 Å². The predicted octanol–water partition coefficient (Wildman–Crippen LogP) is 6.49. The first-order valence-electron chi connectivity index (χ1n) is 14.3. The molecular formula is C30H44N2OS. The second-order valence-corrected chi connectivity index (χ2v) is 14.8. The van der Waals surface area contributed by atoms with E-state index in [0.717, 1.165) is 23.7 Å². The Kier molecular flexibility index (Phi) is 5.06. The molecule has 4 fully saturated rings. The lowest BCUT2D eigenvalue weighted by Crippen LogP contribution is -2.49. The van der Waals surface area contributed by atoms with Gasteiger partial charge in [-0.05, 0) is 113 Å². The minimum atomic E-state index is 0.0683. The van der Waals surface area contributed by atoms with Crippen LogP contribution < -0.4 is 5.32 Å². The molecule has 0 aromatic carbocycles. The SMILES string of the molecule is CC1=C2C[C@H]3[C@@H](CC[C@@H]4Cc5nc(C)sc5C[C@@]43C)[C@@H]2CC[C@@]2(C1)O[C@H]1[C@@H](NCC[C@H]1C)[C@H]2C. The molecular weight excluding hydrogens is 436 g/mol. The van der Waals surface area contributed by atoms with Gasteiger partial charge in [-0.2, -0.15) is 0 Å². The van der Waals surface area contributed by atoms with Crippen molar-refractivity contribution in [3.63, 3.8) is 0 Å². The standard InChI is InChI=1S/C30H44N2OS/c1-16-9-11-31-27-18(3)30(33-28(16)27)10-8-21-22-7-6-20-12-25-26(34-19(4)32-25)15-29(20,5)24(22)13-23(21)17(2)14-30/h16,18,20-22,24,27-28,31H,6-15H2,1-5H3/t16-,18-,20-,21+,22+,24+,27+,28-,29+,30+/m1/s1. The third kappa shape index (κ3) is 3.03. The molecule has 1 spiro atoms. The van der Waals surface area contributed by atoms with Crippen molar-refractivity contribution in [2.75, 3.05) is 6.54 Å². The summed E-state index contributed by atoms with van der Waals surface area (Å²) in [6, 6.07) is 0.556. The maximum absolute atomic E-state index is 7.11. The lowest BCUT2D eigenvalue weighted by Gasteiger charge is -2.52. The van der Waals surface area contributed by atoms with Gasteiger partial charge in [0.15, 0.2) is 0 Å². The number of fused-ring (bicyclic) bond motifs is 7. The van der Waals surface area contributed by atoms with Crippen molar-refractivity contribution in [2.24, 2.45) is 40.9 Å². The summed E-state index contributed by atoms with van der Waals surface area (Å²) in [5.74, 6) is 4.73. The third-order valence-electron chi connectivity index (χ3n) is 12.0. The van der Waals surface area contributed by atoms with Crippen molar-refractivity contribution in [3.05, 3.63) is 26.7 Å². The smallest absolute Gasteiger partial charge is 0.0900 e. The first kappa shape index (κ1) is 22.5. The van der Waals surface area contributed by atoms with E-state index in [0.29, 0.717) is 29.4 Å². The molecule has 1 N–H and O–H groups in total. The summed E-state index contributed by atoms with van der Waals surface area (Å²) in [6.07, 6.45) is 12.2. The Morgan fingerprint density at radius 3 is 2.74 bits per heavy atom. The fourth-order valence-corrected chi connectivity index (χ4v) is 11.3. The molecule has 6 aliphatic rings. The van der Waals surface area contributed by atoms with E-state index >= 15 is 0 Å². The van der Waals surface area contributed by atoms with Gasteiger partial charge in [0.05, 0.1) is 22.4 Å². The summed E-state index contributed by atoms with van der Waals surface area (Å²) in [5.41, 5.74) is 5.56. The zero-order valence-electron chi connectivity index (χ0n) is 22.0. The van der Waals surface area contributed by atoms with Crippen molar-refractivity contribution >= 4 is 11.3 Å². The number of hydrogen-bond acceptors (Lipinski definition) is 4. The van der Waals surface area contributed by atoms with Gasteiger partial charge in [0, 0.05) is 16.8 Å². The van der Waals surface area contributed by atoms with Gasteiger partial charge in [0.25, 0.3) is 0 Å². The number of hydrogen-bond donors (Lipinski definition) is 1. The van der Waals surface area contributed by atoms with Gasteiger partial charge >= 0.3 is 0 Å². The van der Waals surface area contributed by atoms with Crippen LogP contribution in [0.15, 0.2) is 11.1 Å². The average molecular weight is 481 g/mol. The minimum absolute atomic E-state index is 0.0683. The van der Waals surface area contributed by atoms with Crippen molar-refractivity contribution in [1.29, 1.82) is 0 Å². The molecule has 0 bridgehead atoms. The van der Waals surface area contributed by atoms with E-state index in [2.05, 4.69) is 39.9 Å². The molecule has 2 saturated carbocycles. The van der Waals surface area contributed by atoms with E-state index in [9.17, 15) is 0 Å². The van der Waals surface area contributed by atoms with Crippen molar-refractivity contribution < 1.29 is 4.74 Å². The Balaban J connectivity index is 1.19. The van der Waals surface area contributed by atoms with Crippen LogP contribution in [0.1, 0.15) is 88.2 Å². The molecule has 4 aliphatic carbocycles. The summed E-state index contributed by atoms with van der Waals surface area (Å²) in [7, 11) is 0. The summed E-state index contributed by atoms with van der Waals surface area (Å²) in [5, 5.41) is 5.14. The van der Waals surface area contributed by atoms with Gasteiger partial charge in [0.1, 0.15) is 0 Å². The van der Waals surface area contributed by atoms with Gasteiger partial charge in [0.2, 0.25) is 0 Å². The fourth-order valence-electron chi connectivity index (χ4n) is 10.1. The molecule has 0 unspecified atom stereocenters. The molecule has 2 saturated heterocycles. The lowest BCUT2D eigenvalue weighted by atomic mass is 9.53. The molecule has 7 rings (SSSR count). The Labute approximate surface area is 210 Å². The molecule has 1 aromatic rings. The molecule has 186 valence electrons. The van der Waals surface area contributed by atoms with E-state index in [-0.39, 0.29) is 5.60 Å². The number of ether oxygens (including phenoxy) is 1. The monoisotopic (exact) mass is 480 g/mol. The number of aryl methyl sites for hydroxylation is 1. The molecule has 4 heteroatoms. The summed E-state index contributed by atoms with van der Waals surface area (Å²) >= 11 is 1.99. The maximum atomic E-state index is 7.11. The van der Waals surface area contributed by atoms with Crippen LogP contribution in [0.25, 0.3) is 0 Å². The van der Waals surface area contributed by atoms with Crippen LogP contribution in [-0.4, -0.2) is 29.3 Å². The summed E-state index contributed by atoms with van der Waals surface area (Å²) in [4.78, 5) is 6.55. The number of nitrogens with zero attached hydrogens (tertiary/aromatic N) is 1. The van der Waals surface area contributed by atoms with Crippen molar-refractivity contribution in [3.8, 4) is 0 Å². The highest BCUT2D eigenvalue weighted by Crippen LogP contribution is 2.64. The molecule has 3 nitrogen and oxygen atoms in total. The molecule has 10 atom stereocenters. The number of aromatic nitrogens is 1. The minimum Gasteiger partial charge on any atom is -0.369 e. The number of piperidine rings is 1. The van der Waals surface area contributed by atoms with E-state index in [4.69, 9.17) is 9.72 Å². The Bertz CT molecular complexity index is 1030. The molecule has 3 heterocycles. The van der Waals surface area contributed by atoms with Gasteiger partial charge in [-0.25, -0.2) is 4.98 Å². The van der Waals surface area contributed by atoms with Gasteiger partial charge < -0.3 is 10.1 Å². The highest BCUT2D eigenvalue weighted by molar-refractivity contribution is 7.11. The lowest BCUT2D eigenvalue weighted by molar-refractivity contribution is -0.0843. The zero-order chi connectivity index (χ0) is 23.4. The summed E-state index contributed by atoms with van der Waals surface area (Å²) < 4.78 is 7.11. The molecule has 0 amide bonds. The molecule has 2 aliphatic heterocycles. The number of nitrogens with one attached hydrogen (secondary N) is 1. The predicted molar refractivity (Wildman–Crippen MR) is 139 cm³/mol. The van der Waals surface area contributed by atoms with Crippen LogP contribution in [0.3, 0.4) is 0 Å². The second kappa shape index (κ2) is 7.65. The van der Waals surface area contributed by atoms with E-state index in [1.807, 2.05) is 16.9 Å². The highest BCUT2D eigenvalue weighted by atomic mass is 32.1. The van der Waals surface area contributed by atoms with Gasteiger partial charge in [-0.15, -0.1) is 11.3 Å². The number of thiazole rings is 1. The fraction of sp³-hybridized carbons (Fsp3) is 0.833. The molecule has 0 radical (unpaired) electrons. The quantitative estimate of drug-likeness (QED) is 0.431. The number of allylic oxidation sites excluding steroid dienone is 1. The van der Waals surface area contributed by atoms with Crippen molar-refractivity contribution in [1.82, 2.24) is 10.3 Å². The van der Waals surface area contributed by atoms with Crippen LogP contribution in [0.5, 0.6) is 0 Å². The Hall–Kier alpha value is -0.710. The first-order valence-corrected chi connectivity index (χ1v) is 15.2. The van der Waals surface area contributed by atoms with Crippen LogP contribution in [-0.2, 0) is 17.6 Å². The summed E-state index contributed by atoms with van der Waals surface area (Å²) in [6.45, 7) is 13.5. The molecule has 1 aromatic heterocycles. The Morgan fingerprint density at radius 1 is 1.06 bits per heavy atom.